The summed E-state index contributed by atoms with van der Waals surface area (Å²) in [4.78, 5) is 44.3. The fourth-order valence-electron chi connectivity index (χ4n) is 4.40. The predicted molar refractivity (Wildman–Crippen MR) is 140 cm³/mol. The van der Waals surface area contributed by atoms with Gasteiger partial charge in [-0.1, -0.05) is 25.1 Å². The van der Waals surface area contributed by atoms with Gasteiger partial charge >= 0.3 is 6.09 Å². The van der Waals surface area contributed by atoms with Gasteiger partial charge in [0.05, 0.1) is 17.2 Å². The topological polar surface area (TPSA) is 120 Å². The lowest BCUT2D eigenvalue weighted by atomic mass is 10.1. The normalized spacial score (nSPS) is 14.0. The summed E-state index contributed by atoms with van der Waals surface area (Å²) in [6.45, 7) is 5.04. The molecule has 0 saturated carbocycles. The van der Waals surface area contributed by atoms with Crippen molar-refractivity contribution in [1.29, 1.82) is 0 Å². The van der Waals surface area contributed by atoms with Gasteiger partial charge in [-0.2, -0.15) is 0 Å². The van der Waals surface area contributed by atoms with Gasteiger partial charge in [0, 0.05) is 50.3 Å². The van der Waals surface area contributed by atoms with Crippen LogP contribution in [0.25, 0.3) is 10.9 Å². The van der Waals surface area contributed by atoms with E-state index in [0.717, 1.165) is 5.56 Å². The van der Waals surface area contributed by atoms with Crippen LogP contribution in [0.15, 0.2) is 58.4 Å². The van der Waals surface area contributed by atoms with Crippen LogP contribution >= 0.6 is 0 Å². The first-order valence-corrected chi connectivity index (χ1v) is 13.6. The Kier molecular flexibility index (Phi) is 7.53. The van der Waals surface area contributed by atoms with Gasteiger partial charge in [-0.05, 0) is 43.2 Å². The number of aromatic amines is 1. The first kappa shape index (κ1) is 26.2. The molecule has 1 aliphatic heterocycles. The van der Waals surface area contributed by atoms with Gasteiger partial charge in [0.2, 0.25) is 5.43 Å². The van der Waals surface area contributed by atoms with Crippen LogP contribution in [-0.2, 0) is 21.2 Å². The number of fused-ring (bicyclic) bond motifs is 1. The van der Waals surface area contributed by atoms with E-state index < -0.39 is 27.5 Å². The standard InChI is InChI=1S/C26H30N4O6S/c1-4-18-8-6-7-9-23(18)28(3)37(34,35)19-10-11-22-20(16-19)24(31)21(17-27-22)25(32)29-12-14-30(15-13-29)26(33)36-5-2/h6-11,16-17H,4-5,12-15H2,1-3H3,(H,27,31). The molecule has 10 nitrogen and oxygen atoms in total. The van der Waals surface area contributed by atoms with Crippen LogP contribution in [0.1, 0.15) is 29.8 Å². The van der Waals surface area contributed by atoms with Gasteiger partial charge in [-0.15, -0.1) is 0 Å². The molecule has 37 heavy (non-hydrogen) atoms. The molecule has 1 aromatic heterocycles. The largest absolute Gasteiger partial charge is 0.450 e. The second-order valence-corrected chi connectivity index (χ2v) is 10.6. The molecule has 4 rings (SSSR count). The van der Waals surface area contributed by atoms with E-state index in [9.17, 15) is 22.8 Å². The molecule has 1 fully saturated rings. The fraction of sp³-hybridized carbons (Fsp3) is 0.346. The molecular weight excluding hydrogens is 496 g/mol. The molecule has 2 amide bonds. The van der Waals surface area contributed by atoms with Crippen molar-refractivity contribution in [2.45, 2.75) is 25.2 Å². The van der Waals surface area contributed by atoms with Gasteiger partial charge in [-0.25, -0.2) is 13.2 Å². The predicted octanol–water partition coefficient (Wildman–Crippen LogP) is 2.83. The van der Waals surface area contributed by atoms with Crippen LogP contribution in [0.5, 0.6) is 0 Å². The lowest BCUT2D eigenvalue weighted by Crippen LogP contribution is -2.51. The van der Waals surface area contributed by atoms with Gasteiger partial charge in [0.25, 0.3) is 15.9 Å². The number of carbonyl (C=O) groups excluding carboxylic acids is 2. The number of aromatic nitrogens is 1. The number of hydrogen-bond acceptors (Lipinski definition) is 6. The van der Waals surface area contributed by atoms with Gasteiger partial charge in [0.15, 0.2) is 0 Å². The molecule has 0 atom stereocenters. The lowest BCUT2D eigenvalue weighted by molar-refractivity contribution is 0.0569. The van der Waals surface area contributed by atoms with Crippen molar-refractivity contribution < 1.29 is 22.7 Å². The SMILES string of the molecule is CCOC(=O)N1CCN(C(=O)c2c[nH]c3ccc(S(=O)(=O)N(C)c4ccccc4CC)cc3c2=O)CC1. The summed E-state index contributed by atoms with van der Waals surface area (Å²) < 4.78 is 33.1. The number of benzene rings is 2. The molecule has 196 valence electrons. The minimum atomic E-state index is -3.97. The van der Waals surface area contributed by atoms with E-state index in [1.165, 1.54) is 45.5 Å². The average molecular weight is 527 g/mol. The van der Waals surface area contributed by atoms with Crippen molar-refractivity contribution in [1.82, 2.24) is 14.8 Å². The summed E-state index contributed by atoms with van der Waals surface area (Å²) in [6.07, 6.45) is 1.58. The number of amides is 2. The molecule has 1 N–H and O–H groups in total. The number of ether oxygens (including phenoxy) is 1. The number of nitrogens with zero attached hydrogens (tertiary/aromatic N) is 3. The number of piperazine rings is 1. The van der Waals surface area contributed by atoms with Crippen molar-refractivity contribution in [3.05, 3.63) is 70.0 Å². The maximum Gasteiger partial charge on any atom is 0.409 e. The zero-order valence-electron chi connectivity index (χ0n) is 21.1. The average Bonchev–Trinajstić information content (AvgIpc) is 2.92. The number of rotatable bonds is 6. The zero-order valence-corrected chi connectivity index (χ0v) is 21.9. The lowest BCUT2D eigenvalue weighted by Gasteiger charge is -2.33. The fourth-order valence-corrected chi connectivity index (χ4v) is 5.66. The third-order valence-electron chi connectivity index (χ3n) is 6.55. The van der Waals surface area contributed by atoms with E-state index >= 15 is 0 Å². The summed E-state index contributed by atoms with van der Waals surface area (Å²) in [5, 5.41) is 0.106. The number of hydrogen-bond donors (Lipinski definition) is 1. The number of pyridine rings is 1. The zero-order chi connectivity index (χ0) is 26.7. The highest BCUT2D eigenvalue weighted by Crippen LogP contribution is 2.27. The Labute approximate surface area is 215 Å². The number of sulfonamides is 1. The van der Waals surface area contributed by atoms with Crippen LogP contribution < -0.4 is 9.73 Å². The summed E-state index contributed by atoms with van der Waals surface area (Å²) >= 11 is 0. The van der Waals surface area contributed by atoms with E-state index in [1.807, 2.05) is 19.1 Å². The van der Waals surface area contributed by atoms with Crippen LogP contribution in [0, 0.1) is 0 Å². The highest BCUT2D eigenvalue weighted by Gasteiger charge is 2.28. The Morgan fingerprint density at radius 1 is 1.03 bits per heavy atom. The van der Waals surface area contributed by atoms with Crippen molar-refractivity contribution in [3.63, 3.8) is 0 Å². The molecule has 0 bridgehead atoms. The summed E-state index contributed by atoms with van der Waals surface area (Å²) in [6, 6.07) is 11.5. The first-order chi connectivity index (χ1) is 17.7. The molecule has 0 radical (unpaired) electrons. The highest BCUT2D eigenvalue weighted by atomic mass is 32.2. The van der Waals surface area contributed by atoms with Crippen molar-refractivity contribution in [2.75, 3.05) is 44.1 Å². The van der Waals surface area contributed by atoms with Gasteiger partial charge < -0.3 is 19.5 Å². The molecule has 0 spiro atoms. The molecule has 0 aliphatic carbocycles. The number of para-hydroxylation sites is 1. The molecule has 11 heteroatoms. The third kappa shape index (κ3) is 5.04. The van der Waals surface area contributed by atoms with Crippen LogP contribution in [0.2, 0.25) is 0 Å². The van der Waals surface area contributed by atoms with Crippen LogP contribution in [0.3, 0.4) is 0 Å². The quantitative estimate of drug-likeness (QED) is 0.527. The Bertz CT molecular complexity index is 1490. The molecule has 2 aromatic carbocycles. The van der Waals surface area contributed by atoms with Gasteiger partial charge in [-0.3, -0.25) is 13.9 Å². The Balaban J connectivity index is 1.63. The van der Waals surface area contributed by atoms with E-state index in [1.54, 1.807) is 19.1 Å². The number of carbonyl (C=O) groups is 2. The smallest absolute Gasteiger partial charge is 0.409 e. The summed E-state index contributed by atoms with van der Waals surface area (Å²) in [5.41, 5.74) is 1.22. The third-order valence-corrected chi connectivity index (χ3v) is 8.31. The Morgan fingerprint density at radius 3 is 2.38 bits per heavy atom. The maximum atomic E-state index is 13.5. The number of aryl methyl sites for hydroxylation is 1. The van der Waals surface area contributed by atoms with Crippen molar-refractivity contribution in [3.8, 4) is 0 Å². The second kappa shape index (κ2) is 10.6. The first-order valence-electron chi connectivity index (χ1n) is 12.1. The number of H-pyrrole nitrogens is 1. The van der Waals surface area contributed by atoms with Crippen LogP contribution in [-0.4, -0.2) is 75.0 Å². The molecule has 1 aliphatic rings. The monoisotopic (exact) mass is 526 g/mol. The molecular formula is C26H30N4O6S. The molecule has 1 saturated heterocycles. The summed E-state index contributed by atoms with van der Waals surface area (Å²) in [5.74, 6) is -0.478. The van der Waals surface area contributed by atoms with Crippen molar-refractivity contribution >= 4 is 38.6 Å². The van der Waals surface area contributed by atoms with E-state index in [2.05, 4.69) is 4.98 Å². The van der Waals surface area contributed by atoms with E-state index in [-0.39, 0.29) is 35.5 Å². The molecule has 2 heterocycles. The van der Waals surface area contributed by atoms with E-state index in [0.29, 0.717) is 30.7 Å². The highest BCUT2D eigenvalue weighted by molar-refractivity contribution is 7.92. The summed E-state index contributed by atoms with van der Waals surface area (Å²) in [7, 11) is -2.49. The minimum Gasteiger partial charge on any atom is -0.450 e. The number of nitrogens with one attached hydrogen (secondary N) is 1. The Hall–Kier alpha value is -3.86. The van der Waals surface area contributed by atoms with Gasteiger partial charge in [0.1, 0.15) is 5.56 Å². The minimum absolute atomic E-state index is 0.0495. The van der Waals surface area contributed by atoms with Crippen molar-refractivity contribution in [2.24, 2.45) is 0 Å². The Morgan fingerprint density at radius 2 is 1.70 bits per heavy atom. The van der Waals surface area contributed by atoms with Crippen LogP contribution in [0.4, 0.5) is 10.5 Å². The maximum absolute atomic E-state index is 13.5. The van der Waals surface area contributed by atoms with E-state index in [4.69, 9.17) is 4.74 Å². The molecule has 0 unspecified atom stereocenters. The molecule has 3 aromatic rings. The number of anilines is 1. The second-order valence-electron chi connectivity index (χ2n) is 8.67.